The van der Waals surface area contributed by atoms with Crippen molar-refractivity contribution in [2.45, 2.75) is 78.2 Å². The molecule has 160 valence electrons. The zero-order valence-corrected chi connectivity index (χ0v) is 18.8. The third-order valence-corrected chi connectivity index (χ3v) is 6.14. The molecule has 2 aromatic rings. The number of carboxylic acid groups (broad SMARTS) is 1. The van der Waals surface area contributed by atoms with Gasteiger partial charge in [-0.2, -0.15) is 0 Å². The van der Waals surface area contributed by atoms with E-state index in [2.05, 4.69) is 22.5 Å². The minimum Gasteiger partial charge on any atom is -0.477 e. The Morgan fingerprint density at radius 2 is 1.97 bits per heavy atom. The molecule has 1 aromatic carbocycles. The van der Waals surface area contributed by atoms with Gasteiger partial charge in [0.25, 0.3) is 0 Å². The Bertz CT molecular complexity index is 754. The topological polar surface area (TPSA) is 74.2 Å². The number of aryl methyl sites for hydroxylation is 2. The van der Waals surface area contributed by atoms with Crippen LogP contribution in [-0.2, 0) is 0 Å². The van der Waals surface area contributed by atoms with Crippen LogP contribution < -0.4 is 10.6 Å². The standard InChI is InChI=1S/C12H12N2O2S.C11H23N/c1-7-4-3-5-9(6-7)14-12-13-8(2)10(17-12)11(15)16;1-2-3-7-10-12-11-8-5-4-6-9-11/h3-6H,1-2H3,(H,13,14)(H,15,16);11-12H,2-10H2,1H3. The third kappa shape index (κ3) is 8.54. The number of thiazole rings is 1. The molecule has 1 aliphatic rings. The maximum Gasteiger partial charge on any atom is 0.347 e. The summed E-state index contributed by atoms with van der Waals surface area (Å²) >= 11 is 1.15. The van der Waals surface area contributed by atoms with Gasteiger partial charge in [-0.25, -0.2) is 9.78 Å². The maximum absolute atomic E-state index is 10.9. The van der Waals surface area contributed by atoms with E-state index >= 15 is 0 Å². The van der Waals surface area contributed by atoms with Gasteiger partial charge in [0.1, 0.15) is 4.88 Å². The lowest BCUT2D eigenvalue weighted by atomic mass is 9.95. The highest BCUT2D eigenvalue weighted by atomic mass is 32.1. The lowest BCUT2D eigenvalue weighted by molar-refractivity contribution is 0.0701. The van der Waals surface area contributed by atoms with Gasteiger partial charge in [0.2, 0.25) is 0 Å². The number of hydrogen-bond donors (Lipinski definition) is 3. The number of aromatic nitrogens is 1. The number of anilines is 2. The van der Waals surface area contributed by atoms with Crippen LogP contribution in [0.5, 0.6) is 0 Å². The summed E-state index contributed by atoms with van der Waals surface area (Å²) in [5.41, 5.74) is 2.59. The van der Waals surface area contributed by atoms with Crippen molar-refractivity contribution in [2.24, 2.45) is 0 Å². The molecule has 1 aromatic heterocycles. The number of rotatable bonds is 8. The highest BCUT2D eigenvalue weighted by Gasteiger charge is 2.14. The minimum atomic E-state index is -0.933. The molecular formula is C23H35N3O2S. The minimum absolute atomic E-state index is 0.278. The quantitative estimate of drug-likeness (QED) is 0.439. The number of nitrogens with one attached hydrogen (secondary N) is 2. The van der Waals surface area contributed by atoms with Crippen LogP contribution in [0.3, 0.4) is 0 Å². The second-order valence-electron chi connectivity index (χ2n) is 7.73. The molecule has 0 unspecified atom stereocenters. The summed E-state index contributed by atoms with van der Waals surface area (Å²) in [6, 6.07) is 8.70. The number of carboxylic acids is 1. The predicted octanol–water partition coefficient (Wildman–Crippen LogP) is 6.30. The largest absolute Gasteiger partial charge is 0.477 e. The summed E-state index contributed by atoms with van der Waals surface area (Å²) in [5, 5.41) is 16.3. The Hall–Kier alpha value is -1.92. The number of benzene rings is 1. The first-order valence-electron chi connectivity index (χ1n) is 10.8. The van der Waals surface area contributed by atoms with E-state index in [-0.39, 0.29) is 4.88 Å². The van der Waals surface area contributed by atoms with E-state index < -0.39 is 5.97 Å². The van der Waals surface area contributed by atoms with Gasteiger partial charge in [0.05, 0.1) is 5.69 Å². The third-order valence-electron chi connectivity index (χ3n) is 5.08. The predicted molar refractivity (Wildman–Crippen MR) is 123 cm³/mol. The zero-order chi connectivity index (χ0) is 21.1. The monoisotopic (exact) mass is 417 g/mol. The molecule has 0 amide bonds. The van der Waals surface area contributed by atoms with Crippen LogP contribution in [0.2, 0.25) is 0 Å². The highest BCUT2D eigenvalue weighted by molar-refractivity contribution is 7.17. The molecule has 3 N–H and O–H groups in total. The summed E-state index contributed by atoms with van der Waals surface area (Å²) in [6.45, 7) is 7.21. The second kappa shape index (κ2) is 12.6. The highest BCUT2D eigenvalue weighted by Crippen LogP contribution is 2.26. The molecule has 6 heteroatoms. The van der Waals surface area contributed by atoms with E-state index in [0.29, 0.717) is 10.8 Å². The summed E-state index contributed by atoms with van der Waals surface area (Å²) in [6.07, 6.45) is 11.3. The molecule has 1 saturated carbocycles. The summed E-state index contributed by atoms with van der Waals surface area (Å²) in [4.78, 5) is 15.3. The number of unbranched alkanes of at least 4 members (excludes halogenated alkanes) is 2. The Morgan fingerprint density at radius 1 is 1.21 bits per heavy atom. The summed E-state index contributed by atoms with van der Waals surface area (Å²) < 4.78 is 0. The molecule has 0 bridgehead atoms. The number of carbonyl (C=O) groups is 1. The smallest absolute Gasteiger partial charge is 0.347 e. The molecular weight excluding hydrogens is 382 g/mol. The van der Waals surface area contributed by atoms with Crippen molar-refractivity contribution in [3.8, 4) is 0 Å². The van der Waals surface area contributed by atoms with Crippen LogP contribution in [0.15, 0.2) is 24.3 Å². The van der Waals surface area contributed by atoms with Gasteiger partial charge in [0.15, 0.2) is 5.13 Å². The first kappa shape index (κ1) is 23.4. The van der Waals surface area contributed by atoms with Gasteiger partial charge in [0, 0.05) is 11.7 Å². The Morgan fingerprint density at radius 3 is 2.59 bits per heavy atom. The molecule has 0 spiro atoms. The van der Waals surface area contributed by atoms with E-state index in [9.17, 15) is 4.79 Å². The molecule has 5 nitrogen and oxygen atoms in total. The first-order chi connectivity index (χ1) is 14.0. The van der Waals surface area contributed by atoms with E-state index in [1.165, 1.54) is 57.9 Å². The Balaban J connectivity index is 0.000000221. The number of hydrogen-bond acceptors (Lipinski definition) is 5. The Kier molecular flexibility index (Phi) is 10.2. The lowest BCUT2D eigenvalue weighted by Crippen LogP contribution is -2.31. The first-order valence-corrected chi connectivity index (χ1v) is 11.6. The average Bonchev–Trinajstić information content (AvgIpc) is 3.07. The van der Waals surface area contributed by atoms with Gasteiger partial charge in [-0.3, -0.25) is 0 Å². The fourth-order valence-electron chi connectivity index (χ4n) is 3.48. The van der Waals surface area contributed by atoms with Crippen LogP contribution in [0.4, 0.5) is 10.8 Å². The van der Waals surface area contributed by atoms with Crippen molar-refractivity contribution >= 4 is 28.1 Å². The van der Waals surface area contributed by atoms with Gasteiger partial charge >= 0.3 is 5.97 Å². The van der Waals surface area contributed by atoms with Crippen molar-refractivity contribution in [1.82, 2.24) is 10.3 Å². The molecule has 1 heterocycles. The van der Waals surface area contributed by atoms with Crippen molar-refractivity contribution in [2.75, 3.05) is 11.9 Å². The van der Waals surface area contributed by atoms with Crippen LogP contribution in [0.1, 0.15) is 79.2 Å². The molecule has 3 rings (SSSR count). The van der Waals surface area contributed by atoms with E-state index in [0.717, 1.165) is 28.6 Å². The molecule has 1 aliphatic carbocycles. The van der Waals surface area contributed by atoms with Crippen LogP contribution >= 0.6 is 11.3 Å². The van der Waals surface area contributed by atoms with Crippen molar-refractivity contribution in [3.63, 3.8) is 0 Å². The van der Waals surface area contributed by atoms with Crippen molar-refractivity contribution in [3.05, 3.63) is 40.4 Å². The van der Waals surface area contributed by atoms with Crippen molar-refractivity contribution < 1.29 is 9.90 Å². The fraction of sp³-hybridized carbons (Fsp3) is 0.565. The maximum atomic E-state index is 10.9. The van der Waals surface area contributed by atoms with E-state index in [1.54, 1.807) is 6.92 Å². The van der Waals surface area contributed by atoms with E-state index in [4.69, 9.17) is 5.11 Å². The lowest BCUT2D eigenvalue weighted by Gasteiger charge is -2.22. The van der Waals surface area contributed by atoms with Gasteiger partial charge < -0.3 is 15.7 Å². The average molecular weight is 418 g/mol. The van der Waals surface area contributed by atoms with Gasteiger partial charge in [-0.15, -0.1) is 0 Å². The SMILES string of the molecule is CCCCCNC1CCCCC1.Cc1cccc(Nc2nc(C)c(C(=O)O)s2)c1. The second-order valence-corrected chi connectivity index (χ2v) is 8.73. The van der Waals surface area contributed by atoms with Crippen molar-refractivity contribution in [1.29, 1.82) is 0 Å². The number of nitrogens with zero attached hydrogens (tertiary/aromatic N) is 1. The molecule has 1 fully saturated rings. The van der Waals surface area contributed by atoms with Crippen LogP contribution in [-0.4, -0.2) is 28.6 Å². The van der Waals surface area contributed by atoms with Crippen LogP contribution in [0, 0.1) is 13.8 Å². The molecule has 0 saturated heterocycles. The van der Waals surface area contributed by atoms with E-state index in [1.807, 2.05) is 31.2 Å². The number of aromatic carboxylic acids is 1. The zero-order valence-electron chi connectivity index (χ0n) is 18.0. The Labute approximate surface area is 179 Å². The summed E-state index contributed by atoms with van der Waals surface area (Å²) in [5.74, 6) is -0.933. The van der Waals surface area contributed by atoms with Gasteiger partial charge in [-0.05, 0) is 57.4 Å². The fourth-order valence-corrected chi connectivity index (χ4v) is 4.31. The molecule has 29 heavy (non-hydrogen) atoms. The molecule has 0 radical (unpaired) electrons. The van der Waals surface area contributed by atoms with Gasteiger partial charge in [-0.1, -0.05) is 62.5 Å². The molecule has 0 aliphatic heterocycles. The normalized spacial score (nSPS) is 14.2. The summed E-state index contributed by atoms with van der Waals surface area (Å²) in [7, 11) is 0. The van der Waals surface area contributed by atoms with Crippen LogP contribution in [0.25, 0.3) is 0 Å². The molecule has 0 atom stereocenters.